The molecule has 1 aliphatic carbocycles. The highest BCUT2D eigenvalue weighted by molar-refractivity contribution is 5.89. The van der Waals surface area contributed by atoms with Gasteiger partial charge in [-0.15, -0.1) is 0 Å². The molecule has 1 saturated heterocycles. The van der Waals surface area contributed by atoms with Crippen LogP contribution in [0.4, 0.5) is 5.82 Å². The Balaban J connectivity index is 1.41. The molecule has 2 heterocycles. The van der Waals surface area contributed by atoms with Crippen molar-refractivity contribution in [2.45, 2.75) is 45.1 Å². The number of nitrogens with one attached hydrogen (secondary N) is 2. The number of aryl methyl sites for hydroxylation is 1. The summed E-state index contributed by atoms with van der Waals surface area (Å²) in [6, 6.07) is 4.26. The van der Waals surface area contributed by atoms with Gasteiger partial charge in [-0.2, -0.15) is 0 Å². The molecule has 0 bridgehead atoms. The van der Waals surface area contributed by atoms with Crippen LogP contribution in [0.1, 0.15) is 37.7 Å². The van der Waals surface area contributed by atoms with E-state index >= 15 is 0 Å². The van der Waals surface area contributed by atoms with Crippen LogP contribution in [0.15, 0.2) is 18.3 Å². The fourth-order valence-electron chi connectivity index (χ4n) is 3.66. The molecule has 2 amide bonds. The van der Waals surface area contributed by atoms with Crippen LogP contribution in [0, 0.1) is 12.8 Å². The second kappa shape index (κ2) is 7.64. The van der Waals surface area contributed by atoms with Crippen molar-refractivity contribution >= 4 is 17.6 Å². The molecule has 1 aliphatic heterocycles. The number of nitrogens with zero attached hydrogens (tertiary/aromatic N) is 2. The Morgan fingerprint density at radius 2 is 2.12 bits per heavy atom. The first kappa shape index (κ1) is 16.7. The number of amides is 2. The third-order valence-electron chi connectivity index (χ3n) is 5.02. The van der Waals surface area contributed by atoms with Gasteiger partial charge in [0.15, 0.2) is 0 Å². The minimum absolute atomic E-state index is 0.0108. The number of carbonyl (C=O) groups excluding carboxylic acids is 2. The third-order valence-corrected chi connectivity index (χ3v) is 5.02. The lowest BCUT2D eigenvalue weighted by Crippen LogP contribution is -2.38. The van der Waals surface area contributed by atoms with Crippen molar-refractivity contribution in [2.75, 3.05) is 25.0 Å². The Bertz CT molecular complexity index is 598. The Morgan fingerprint density at radius 3 is 2.88 bits per heavy atom. The summed E-state index contributed by atoms with van der Waals surface area (Å²) in [4.78, 5) is 30.6. The maximum atomic E-state index is 12.3. The highest BCUT2D eigenvalue weighted by Crippen LogP contribution is 2.29. The summed E-state index contributed by atoms with van der Waals surface area (Å²) in [6.45, 7) is 3.73. The number of likely N-dealkylation sites (tertiary alicyclic amines) is 1. The van der Waals surface area contributed by atoms with E-state index in [1.54, 1.807) is 6.20 Å². The Kier molecular flexibility index (Phi) is 5.33. The van der Waals surface area contributed by atoms with Gasteiger partial charge in [-0.1, -0.05) is 18.9 Å². The number of carbonyl (C=O) groups is 2. The second-order valence-corrected chi connectivity index (χ2v) is 6.77. The molecule has 130 valence electrons. The van der Waals surface area contributed by atoms with E-state index in [-0.39, 0.29) is 17.7 Å². The smallest absolute Gasteiger partial charge is 0.225 e. The molecule has 1 aromatic rings. The molecular formula is C18H26N4O2. The maximum Gasteiger partial charge on any atom is 0.225 e. The number of anilines is 1. The average molecular weight is 330 g/mol. The van der Waals surface area contributed by atoms with Gasteiger partial charge in [0.1, 0.15) is 5.82 Å². The second-order valence-electron chi connectivity index (χ2n) is 6.77. The van der Waals surface area contributed by atoms with Gasteiger partial charge in [0.05, 0.1) is 5.92 Å². The van der Waals surface area contributed by atoms with E-state index in [4.69, 9.17) is 0 Å². The monoisotopic (exact) mass is 330 g/mol. The minimum atomic E-state index is -0.199. The zero-order valence-corrected chi connectivity index (χ0v) is 14.3. The van der Waals surface area contributed by atoms with Crippen molar-refractivity contribution in [1.82, 2.24) is 15.2 Å². The summed E-state index contributed by atoms with van der Waals surface area (Å²) in [6.07, 6.45) is 6.68. The van der Waals surface area contributed by atoms with Gasteiger partial charge in [0.2, 0.25) is 11.8 Å². The van der Waals surface area contributed by atoms with Crippen LogP contribution in [-0.4, -0.2) is 47.4 Å². The molecule has 24 heavy (non-hydrogen) atoms. The van der Waals surface area contributed by atoms with E-state index in [0.717, 1.165) is 24.2 Å². The lowest BCUT2D eigenvalue weighted by Gasteiger charge is -2.23. The molecule has 1 aromatic heterocycles. The highest BCUT2D eigenvalue weighted by atomic mass is 16.2. The largest absolute Gasteiger partial charge is 0.368 e. The predicted molar refractivity (Wildman–Crippen MR) is 92.5 cm³/mol. The van der Waals surface area contributed by atoms with Gasteiger partial charge in [0, 0.05) is 38.3 Å². The molecule has 2 aliphatic rings. The quantitative estimate of drug-likeness (QED) is 0.779. The van der Waals surface area contributed by atoms with E-state index in [9.17, 15) is 9.59 Å². The third kappa shape index (κ3) is 3.86. The summed E-state index contributed by atoms with van der Waals surface area (Å²) in [5.74, 6) is 0.776. The van der Waals surface area contributed by atoms with Crippen molar-refractivity contribution in [3.05, 3.63) is 23.9 Å². The summed E-state index contributed by atoms with van der Waals surface area (Å²) >= 11 is 0. The van der Waals surface area contributed by atoms with Gasteiger partial charge in [-0.25, -0.2) is 4.98 Å². The molecule has 6 heteroatoms. The standard InChI is InChI=1S/C18H26N4O2/c1-13-5-4-8-19-17(13)20-9-10-21-18(24)14-11-16(23)22(12-14)15-6-2-3-7-15/h4-5,8,14-15H,2-3,6-7,9-12H2,1H3,(H,19,20)(H,21,24). The van der Waals surface area contributed by atoms with Crippen LogP contribution in [0.2, 0.25) is 0 Å². The van der Waals surface area contributed by atoms with Crippen LogP contribution in [0.5, 0.6) is 0 Å². The Morgan fingerprint density at radius 1 is 1.33 bits per heavy atom. The van der Waals surface area contributed by atoms with E-state index in [1.165, 1.54) is 12.8 Å². The molecule has 6 nitrogen and oxygen atoms in total. The van der Waals surface area contributed by atoms with Crippen LogP contribution in [0.25, 0.3) is 0 Å². The van der Waals surface area contributed by atoms with E-state index < -0.39 is 0 Å². The Hall–Kier alpha value is -2.11. The summed E-state index contributed by atoms with van der Waals surface area (Å²) in [5.41, 5.74) is 1.08. The molecule has 0 aromatic carbocycles. The van der Waals surface area contributed by atoms with Gasteiger partial charge < -0.3 is 15.5 Å². The van der Waals surface area contributed by atoms with Gasteiger partial charge in [-0.05, 0) is 31.4 Å². The van der Waals surface area contributed by atoms with Crippen molar-refractivity contribution in [3.63, 3.8) is 0 Å². The lowest BCUT2D eigenvalue weighted by molar-refractivity contribution is -0.130. The van der Waals surface area contributed by atoms with Crippen LogP contribution >= 0.6 is 0 Å². The van der Waals surface area contributed by atoms with Gasteiger partial charge in [0.25, 0.3) is 0 Å². The van der Waals surface area contributed by atoms with Crippen molar-refractivity contribution in [3.8, 4) is 0 Å². The zero-order valence-electron chi connectivity index (χ0n) is 14.3. The summed E-state index contributed by atoms with van der Waals surface area (Å²) in [5, 5.41) is 6.16. The first-order chi connectivity index (χ1) is 11.6. The zero-order chi connectivity index (χ0) is 16.9. The van der Waals surface area contributed by atoms with E-state index in [2.05, 4.69) is 15.6 Å². The van der Waals surface area contributed by atoms with Crippen molar-refractivity contribution in [2.24, 2.45) is 5.92 Å². The minimum Gasteiger partial charge on any atom is -0.368 e. The van der Waals surface area contributed by atoms with Crippen LogP contribution in [-0.2, 0) is 9.59 Å². The number of aromatic nitrogens is 1. The SMILES string of the molecule is Cc1cccnc1NCCNC(=O)C1CC(=O)N(C2CCCC2)C1. The molecule has 0 spiro atoms. The molecule has 2 fully saturated rings. The fourth-order valence-corrected chi connectivity index (χ4v) is 3.66. The topological polar surface area (TPSA) is 74.3 Å². The normalized spacial score (nSPS) is 21.3. The molecule has 0 radical (unpaired) electrons. The molecule has 1 unspecified atom stereocenters. The number of rotatable bonds is 6. The first-order valence-corrected chi connectivity index (χ1v) is 8.88. The van der Waals surface area contributed by atoms with Gasteiger partial charge >= 0.3 is 0 Å². The molecule has 1 atom stereocenters. The maximum absolute atomic E-state index is 12.3. The van der Waals surface area contributed by atoms with Crippen LogP contribution < -0.4 is 10.6 Å². The molecule has 2 N–H and O–H groups in total. The van der Waals surface area contributed by atoms with E-state index in [0.29, 0.717) is 32.1 Å². The Labute approximate surface area is 143 Å². The molecular weight excluding hydrogens is 304 g/mol. The highest BCUT2D eigenvalue weighted by Gasteiger charge is 2.38. The van der Waals surface area contributed by atoms with E-state index in [1.807, 2.05) is 24.0 Å². The predicted octanol–water partition coefficient (Wildman–Crippen LogP) is 1.71. The number of hydrogen-bond donors (Lipinski definition) is 2. The summed E-state index contributed by atoms with van der Waals surface area (Å²) < 4.78 is 0. The fraction of sp³-hybridized carbons (Fsp3) is 0.611. The first-order valence-electron chi connectivity index (χ1n) is 8.88. The number of hydrogen-bond acceptors (Lipinski definition) is 4. The van der Waals surface area contributed by atoms with Crippen molar-refractivity contribution in [1.29, 1.82) is 0 Å². The molecule has 1 saturated carbocycles. The van der Waals surface area contributed by atoms with Crippen molar-refractivity contribution < 1.29 is 9.59 Å². The van der Waals surface area contributed by atoms with Gasteiger partial charge in [-0.3, -0.25) is 9.59 Å². The average Bonchev–Trinajstić information content (AvgIpc) is 3.22. The number of pyridine rings is 1. The molecule has 3 rings (SSSR count). The van der Waals surface area contributed by atoms with Crippen LogP contribution in [0.3, 0.4) is 0 Å². The lowest BCUT2D eigenvalue weighted by atomic mass is 10.1. The summed E-state index contributed by atoms with van der Waals surface area (Å²) in [7, 11) is 0.